The maximum atomic E-state index is 12.8. The van der Waals surface area contributed by atoms with E-state index in [0.717, 1.165) is 12.3 Å². The van der Waals surface area contributed by atoms with Crippen LogP contribution in [0.5, 0.6) is 11.5 Å². The van der Waals surface area contributed by atoms with E-state index in [1.165, 1.54) is 66.7 Å². The molecule has 0 fully saturated rings. The van der Waals surface area contributed by atoms with Crippen LogP contribution in [0.15, 0.2) is 71.6 Å². The number of rotatable bonds is 9. The molecular weight excluding hydrogens is 539 g/mol. The lowest BCUT2D eigenvalue weighted by Crippen LogP contribution is -2.14. The summed E-state index contributed by atoms with van der Waals surface area (Å²) in [7, 11) is -7.72. The van der Waals surface area contributed by atoms with E-state index in [1.807, 2.05) is 0 Å². The number of ether oxygens (including phenoxy) is 1. The maximum absolute atomic E-state index is 12.8. The Labute approximate surface area is 212 Å². The van der Waals surface area contributed by atoms with Gasteiger partial charge in [-0.05, 0) is 54.1 Å². The minimum Gasteiger partial charge on any atom is -0.478 e. The maximum Gasteiger partial charge on any atom is 0.328 e. The van der Waals surface area contributed by atoms with Crippen LogP contribution in [0.2, 0.25) is 10.0 Å². The second-order valence-corrected chi connectivity index (χ2v) is 11.4. The molecule has 0 unspecified atom stereocenters. The third-order valence-electron chi connectivity index (χ3n) is 4.25. The molecule has 3 aromatic carbocycles. The van der Waals surface area contributed by atoms with Gasteiger partial charge in [0.1, 0.15) is 5.75 Å². The number of hydrogen-bond acceptors (Lipinski definition) is 6. The van der Waals surface area contributed by atoms with E-state index in [0.29, 0.717) is 10.6 Å². The minimum absolute atomic E-state index is 0.0194. The van der Waals surface area contributed by atoms with Crippen LogP contribution in [0.25, 0.3) is 6.08 Å². The highest BCUT2D eigenvalue weighted by atomic mass is 35.5. The molecule has 0 spiro atoms. The van der Waals surface area contributed by atoms with Crippen molar-refractivity contribution in [3.63, 3.8) is 0 Å². The molecule has 184 valence electrons. The van der Waals surface area contributed by atoms with Crippen molar-refractivity contribution in [1.82, 2.24) is 0 Å². The number of sulfonamides is 2. The van der Waals surface area contributed by atoms with E-state index >= 15 is 0 Å². The molecule has 0 aromatic heterocycles. The van der Waals surface area contributed by atoms with Crippen molar-refractivity contribution < 1.29 is 31.5 Å². The van der Waals surface area contributed by atoms with E-state index in [9.17, 15) is 21.6 Å². The number of aliphatic carboxylic acids is 1. The van der Waals surface area contributed by atoms with Gasteiger partial charge in [-0.3, -0.25) is 9.44 Å². The molecule has 0 aliphatic rings. The number of carbonyl (C=O) groups is 1. The fraction of sp³-hybridized carbons (Fsp3) is 0.0455. The van der Waals surface area contributed by atoms with Gasteiger partial charge in [-0.2, -0.15) is 0 Å². The molecule has 3 aromatic rings. The smallest absolute Gasteiger partial charge is 0.328 e. The average Bonchev–Trinajstić information content (AvgIpc) is 2.75. The Bertz CT molecular complexity index is 1510. The third-order valence-corrected chi connectivity index (χ3v) is 6.77. The van der Waals surface area contributed by atoms with E-state index in [1.54, 1.807) is 0 Å². The Kier molecular flexibility index (Phi) is 7.96. The molecule has 0 bridgehead atoms. The van der Waals surface area contributed by atoms with Gasteiger partial charge < -0.3 is 9.84 Å². The second kappa shape index (κ2) is 10.6. The monoisotopic (exact) mass is 556 g/mol. The zero-order chi connectivity index (χ0) is 25.8. The Hall–Kier alpha value is -3.25. The molecular formula is C22H18Cl2N2O7S2. The predicted molar refractivity (Wildman–Crippen MR) is 135 cm³/mol. The van der Waals surface area contributed by atoms with Crippen LogP contribution in [-0.4, -0.2) is 34.2 Å². The molecule has 0 radical (unpaired) electrons. The molecule has 0 amide bonds. The van der Waals surface area contributed by atoms with Crippen molar-refractivity contribution in [2.24, 2.45) is 0 Å². The van der Waals surface area contributed by atoms with Gasteiger partial charge in [-0.15, -0.1) is 0 Å². The molecule has 0 saturated heterocycles. The molecule has 9 nitrogen and oxygen atoms in total. The zero-order valence-corrected chi connectivity index (χ0v) is 21.0. The first kappa shape index (κ1) is 26.4. The standard InChI is InChI=1S/C22H18Cl2N2O7S2/c1-34(29,30)26-19-9-6-16(13-21(19)33-20-10-5-15(23)12-18(20)24)25-35(31,32)17-7-2-14(3-8-17)4-11-22(27)28/h2-13,25-26H,1H3,(H,27,28). The van der Waals surface area contributed by atoms with Crippen molar-refractivity contribution in [3.8, 4) is 11.5 Å². The first-order valence-corrected chi connectivity index (χ1v) is 13.7. The van der Waals surface area contributed by atoms with Gasteiger partial charge in [0.25, 0.3) is 10.0 Å². The third kappa shape index (κ3) is 7.62. The Morgan fingerprint density at radius 3 is 2.20 bits per heavy atom. The zero-order valence-electron chi connectivity index (χ0n) is 17.9. The summed E-state index contributed by atoms with van der Waals surface area (Å²) in [4.78, 5) is 10.5. The summed E-state index contributed by atoms with van der Waals surface area (Å²) < 4.78 is 59.7. The number of hydrogen-bond donors (Lipinski definition) is 3. The highest BCUT2D eigenvalue weighted by Crippen LogP contribution is 2.37. The van der Waals surface area contributed by atoms with Crippen LogP contribution >= 0.6 is 23.2 Å². The summed E-state index contributed by atoms with van der Waals surface area (Å²) in [6.07, 6.45) is 3.21. The fourth-order valence-electron chi connectivity index (χ4n) is 2.77. The lowest BCUT2D eigenvalue weighted by Gasteiger charge is -2.15. The highest BCUT2D eigenvalue weighted by Gasteiger charge is 2.17. The van der Waals surface area contributed by atoms with Crippen LogP contribution in [0.3, 0.4) is 0 Å². The summed E-state index contributed by atoms with van der Waals surface area (Å²) >= 11 is 12.0. The normalized spacial score (nSPS) is 11.9. The van der Waals surface area contributed by atoms with Gasteiger partial charge in [0.05, 0.1) is 27.5 Å². The predicted octanol–water partition coefficient (Wildman–Crippen LogP) is 5.06. The van der Waals surface area contributed by atoms with E-state index in [2.05, 4.69) is 9.44 Å². The van der Waals surface area contributed by atoms with E-state index in [-0.39, 0.29) is 32.8 Å². The number of carboxylic acids is 1. The molecule has 35 heavy (non-hydrogen) atoms. The molecule has 0 atom stereocenters. The molecule has 0 aliphatic carbocycles. The first-order valence-electron chi connectivity index (χ1n) is 9.61. The molecule has 13 heteroatoms. The van der Waals surface area contributed by atoms with Gasteiger partial charge in [-0.25, -0.2) is 21.6 Å². The van der Waals surface area contributed by atoms with Crippen LogP contribution in [0, 0.1) is 0 Å². The van der Waals surface area contributed by atoms with Crippen LogP contribution in [0.1, 0.15) is 5.56 Å². The summed E-state index contributed by atoms with van der Waals surface area (Å²) in [5.74, 6) is -0.985. The Morgan fingerprint density at radius 1 is 0.914 bits per heavy atom. The van der Waals surface area contributed by atoms with Gasteiger partial charge >= 0.3 is 5.97 Å². The number of benzene rings is 3. The largest absolute Gasteiger partial charge is 0.478 e. The van der Waals surface area contributed by atoms with Gasteiger partial charge in [-0.1, -0.05) is 35.3 Å². The van der Waals surface area contributed by atoms with Crippen molar-refractivity contribution in [2.75, 3.05) is 15.7 Å². The lowest BCUT2D eigenvalue weighted by atomic mass is 10.2. The molecule has 3 N–H and O–H groups in total. The van der Waals surface area contributed by atoms with Crippen molar-refractivity contribution in [3.05, 3.63) is 82.3 Å². The van der Waals surface area contributed by atoms with Crippen molar-refractivity contribution in [2.45, 2.75) is 4.90 Å². The Morgan fingerprint density at radius 2 is 1.60 bits per heavy atom. The SMILES string of the molecule is CS(=O)(=O)Nc1ccc(NS(=O)(=O)c2ccc(C=CC(=O)O)cc2)cc1Oc1ccc(Cl)cc1Cl. The van der Waals surface area contributed by atoms with E-state index < -0.39 is 26.0 Å². The molecule has 0 aliphatic heterocycles. The van der Waals surface area contributed by atoms with Crippen LogP contribution in [-0.2, 0) is 24.8 Å². The lowest BCUT2D eigenvalue weighted by molar-refractivity contribution is -0.131. The van der Waals surface area contributed by atoms with Gasteiger partial charge in [0.2, 0.25) is 10.0 Å². The Balaban J connectivity index is 1.92. The van der Waals surface area contributed by atoms with E-state index in [4.69, 9.17) is 33.0 Å². The van der Waals surface area contributed by atoms with Gasteiger partial charge in [0, 0.05) is 17.2 Å². The van der Waals surface area contributed by atoms with Crippen molar-refractivity contribution >= 4 is 66.7 Å². The minimum atomic E-state index is -4.04. The number of carboxylic acid groups (broad SMARTS) is 1. The molecule has 0 saturated carbocycles. The summed E-state index contributed by atoms with van der Waals surface area (Å²) in [5.41, 5.74) is 0.633. The number of halogens is 2. The molecule has 0 heterocycles. The second-order valence-electron chi connectivity index (χ2n) is 7.11. The van der Waals surface area contributed by atoms with Crippen molar-refractivity contribution in [1.29, 1.82) is 0 Å². The summed E-state index contributed by atoms with van der Waals surface area (Å²) in [5, 5.41) is 9.22. The number of anilines is 2. The average molecular weight is 557 g/mol. The van der Waals surface area contributed by atoms with Crippen LogP contribution in [0.4, 0.5) is 11.4 Å². The summed E-state index contributed by atoms with van der Waals surface area (Å²) in [6.45, 7) is 0. The summed E-state index contributed by atoms with van der Waals surface area (Å²) in [6, 6.07) is 13.9. The van der Waals surface area contributed by atoms with Crippen LogP contribution < -0.4 is 14.2 Å². The number of nitrogens with one attached hydrogen (secondary N) is 2. The topological polar surface area (TPSA) is 139 Å². The fourth-order valence-corrected chi connectivity index (χ4v) is 4.84. The first-order chi connectivity index (χ1) is 16.3. The molecule has 3 rings (SSSR count). The quantitative estimate of drug-likeness (QED) is 0.313. The highest BCUT2D eigenvalue weighted by molar-refractivity contribution is 7.92. The van der Waals surface area contributed by atoms with Gasteiger partial charge in [0.15, 0.2) is 5.75 Å².